The summed E-state index contributed by atoms with van der Waals surface area (Å²) in [5, 5.41) is 0.972. The molecule has 19 heavy (non-hydrogen) atoms. The normalized spacial score (nSPS) is 10.6. The molecule has 0 atom stereocenters. The zero-order chi connectivity index (χ0) is 13.9. The molecule has 1 rings (SSSR count). The first kappa shape index (κ1) is 16.6. The first-order chi connectivity index (χ1) is 9.22. The van der Waals surface area contributed by atoms with E-state index < -0.39 is 0 Å². The van der Waals surface area contributed by atoms with Gasteiger partial charge in [-0.3, -0.25) is 4.79 Å². The maximum Gasteiger partial charge on any atom is 0.193 e. The Hall–Kier alpha value is -0.470. The fourth-order valence-electron chi connectivity index (χ4n) is 1.91. The van der Waals surface area contributed by atoms with Crippen LogP contribution in [0.25, 0.3) is 0 Å². The SMILES string of the molecule is CCCCCCCCCC(=O)Sc1ccc(Cl)cc1. The summed E-state index contributed by atoms with van der Waals surface area (Å²) in [7, 11) is 0. The summed E-state index contributed by atoms with van der Waals surface area (Å²) in [5.74, 6) is 0. The molecule has 0 aromatic heterocycles. The Morgan fingerprint density at radius 2 is 1.58 bits per heavy atom. The molecule has 1 aromatic carbocycles. The van der Waals surface area contributed by atoms with Crippen LogP contribution >= 0.6 is 23.4 Å². The van der Waals surface area contributed by atoms with Gasteiger partial charge in [-0.1, -0.05) is 68.8 Å². The van der Waals surface area contributed by atoms with Gasteiger partial charge >= 0.3 is 0 Å². The Bertz CT molecular complexity index is 362. The highest BCUT2D eigenvalue weighted by atomic mass is 35.5. The van der Waals surface area contributed by atoms with Gasteiger partial charge in [-0.25, -0.2) is 0 Å². The van der Waals surface area contributed by atoms with E-state index in [1.54, 1.807) is 0 Å². The maximum absolute atomic E-state index is 11.8. The average molecular weight is 299 g/mol. The second kappa shape index (κ2) is 10.3. The van der Waals surface area contributed by atoms with Crippen LogP contribution in [-0.4, -0.2) is 5.12 Å². The first-order valence-corrected chi connectivity index (χ1v) is 8.38. The molecular weight excluding hydrogens is 276 g/mol. The Morgan fingerprint density at radius 1 is 1.00 bits per heavy atom. The largest absolute Gasteiger partial charge is 0.287 e. The van der Waals surface area contributed by atoms with Gasteiger partial charge in [-0.05, 0) is 30.7 Å². The quantitative estimate of drug-likeness (QED) is 0.405. The van der Waals surface area contributed by atoms with E-state index in [4.69, 9.17) is 11.6 Å². The van der Waals surface area contributed by atoms with E-state index in [1.165, 1.54) is 50.3 Å². The third-order valence-corrected chi connectivity index (χ3v) is 4.22. The Kier molecular flexibility index (Phi) is 9.02. The maximum atomic E-state index is 11.8. The van der Waals surface area contributed by atoms with Gasteiger partial charge in [0, 0.05) is 16.3 Å². The van der Waals surface area contributed by atoms with Crippen LogP contribution in [0.1, 0.15) is 58.3 Å². The van der Waals surface area contributed by atoms with E-state index in [1.807, 2.05) is 24.3 Å². The Labute approximate surface area is 126 Å². The van der Waals surface area contributed by atoms with Crippen molar-refractivity contribution >= 4 is 28.5 Å². The summed E-state index contributed by atoms with van der Waals surface area (Å²) in [6.45, 7) is 2.23. The fourth-order valence-corrected chi connectivity index (χ4v) is 2.82. The second-order valence-electron chi connectivity index (χ2n) is 4.80. The van der Waals surface area contributed by atoms with Crippen molar-refractivity contribution in [3.05, 3.63) is 29.3 Å². The molecular formula is C16H23ClOS. The lowest BCUT2D eigenvalue weighted by Crippen LogP contribution is -1.91. The number of benzene rings is 1. The van der Waals surface area contributed by atoms with Crippen LogP contribution in [0.2, 0.25) is 5.02 Å². The van der Waals surface area contributed by atoms with E-state index in [9.17, 15) is 4.79 Å². The van der Waals surface area contributed by atoms with Gasteiger partial charge in [-0.2, -0.15) is 0 Å². The molecule has 0 spiro atoms. The molecule has 0 aliphatic rings. The zero-order valence-corrected chi connectivity index (χ0v) is 13.2. The molecule has 1 nitrogen and oxygen atoms in total. The van der Waals surface area contributed by atoms with Crippen molar-refractivity contribution in [2.45, 2.75) is 63.2 Å². The van der Waals surface area contributed by atoms with Crippen molar-refractivity contribution in [1.29, 1.82) is 0 Å². The summed E-state index contributed by atoms with van der Waals surface area (Å²) >= 11 is 7.14. The molecule has 3 heteroatoms. The predicted molar refractivity (Wildman–Crippen MR) is 84.9 cm³/mol. The van der Waals surface area contributed by atoms with Crippen LogP contribution in [-0.2, 0) is 4.79 Å². The number of halogens is 1. The second-order valence-corrected chi connectivity index (χ2v) is 6.37. The van der Waals surface area contributed by atoms with Crippen molar-refractivity contribution in [3.63, 3.8) is 0 Å². The number of hydrogen-bond donors (Lipinski definition) is 0. The molecule has 0 N–H and O–H groups in total. The standard InChI is InChI=1S/C16H23ClOS/c1-2-3-4-5-6-7-8-9-16(18)19-15-12-10-14(17)11-13-15/h10-13H,2-9H2,1H3. The first-order valence-electron chi connectivity index (χ1n) is 7.18. The summed E-state index contributed by atoms with van der Waals surface area (Å²) in [5.41, 5.74) is 0. The fraction of sp³-hybridized carbons (Fsp3) is 0.562. The molecule has 0 aliphatic heterocycles. The van der Waals surface area contributed by atoms with Crippen LogP contribution in [0.5, 0.6) is 0 Å². The lowest BCUT2D eigenvalue weighted by molar-refractivity contribution is -0.111. The van der Waals surface area contributed by atoms with Gasteiger partial charge in [0.1, 0.15) is 0 Å². The molecule has 0 unspecified atom stereocenters. The molecule has 0 heterocycles. The number of thioether (sulfide) groups is 1. The zero-order valence-electron chi connectivity index (χ0n) is 11.7. The summed E-state index contributed by atoms with van der Waals surface area (Å²) in [4.78, 5) is 12.7. The van der Waals surface area contributed by atoms with Crippen molar-refractivity contribution in [2.24, 2.45) is 0 Å². The van der Waals surface area contributed by atoms with Crippen molar-refractivity contribution in [2.75, 3.05) is 0 Å². The van der Waals surface area contributed by atoms with Crippen molar-refractivity contribution in [3.8, 4) is 0 Å². The van der Waals surface area contributed by atoms with Crippen LogP contribution in [0.3, 0.4) is 0 Å². The molecule has 0 amide bonds. The van der Waals surface area contributed by atoms with Gasteiger partial charge in [0.15, 0.2) is 5.12 Å². The third-order valence-electron chi connectivity index (χ3n) is 3.03. The molecule has 0 radical (unpaired) electrons. The predicted octanol–water partition coefficient (Wildman–Crippen LogP) is 6.10. The van der Waals surface area contributed by atoms with E-state index in [-0.39, 0.29) is 5.12 Å². The molecule has 0 saturated heterocycles. The monoisotopic (exact) mass is 298 g/mol. The van der Waals surface area contributed by atoms with Gasteiger partial charge in [0.25, 0.3) is 0 Å². The highest BCUT2D eigenvalue weighted by Crippen LogP contribution is 2.23. The third kappa shape index (κ3) is 8.33. The minimum atomic E-state index is 0.260. The van der Waals surface area contributed by atoms with Gasteiger partial charge in [-0.15, -0.1) is 0 Å². The van der Waals surface area contributed by atoms with E-state index in [0.717, 1.165) is 11.3 Å². The summed E-state index contributed by atoms with van der Waals surface area (Å²) in [6, 6.07) is 7.45. The summed E-state index contributed by atoms with van der Waals surface area (Å²) in [6.07, 6.45) is 9.42. The van der Waals surface area contributed by atoms with E-state index >= 15 is 0 Å². The molecule has 0 aliphatic carbocycles. The lowest BCUT2D eigenvalue weighted by Gasteiger charge is -2.02. The van der Waals surface area contributed by atoms with Crippen molar-refractivity contribution < 1.29 is 4.79 Å². The average Bonchev–Trinajstić information content (AvgIpc) is 2.40. The Morgan fingerprint density at radius 3 is 2.21 bits per heavy atom. The number of unbranched alkanes of at least 4 members (excludes halogenated alkanes) is 6. The van der Waals surface area contributed by atoms with Gasteiger partial charge < -0.3 is 0 Å². The summed E-state index contributed by atoms with van der Waals surface area (Å²) < 4.78 is 0. The highest BCUT2D eigenvalue weighted by molar-refractivity contribution is 8.13. The minimum absolute atomic E-state index is 0.260. The molecule has 1 aromatic rings. The number of rotatable bonds is 9. The smallest absolute Gasteiger partial charge is 0.193 e. The van der Waals surface area contributed by atoms with Crippen LogP contribution in [0.4, 0.5) is 0 Å². The minimum Gasteiger partial charge on any atom is -0.287 e. The van der Waals surface area contributed by atoms with Crippen LogP contribution in [0.15, 0.2) is 29.2 Å². The van der Waals surface area contributed by atoms with Crippen molar-refractivity contribution in [1.82, 2.24) is 0 Å². The number of hydrogen-bond acceptors (Lipinski definition) is 2. The number of carbonyl (C=O) groups excluding carboxylic acids is 1. The topological polar surface area (TPSA) is 17.1 Å². The Balaban J connectivity index is 2.06. The molecule has 106 valence electrons. The highest BCUT2D eigenvalue weighted by Gasteiger charge is 2.04. The van der Waals surface area contributed by atoms with Gasteiger partial charge in [0.2, 0.25) is 0 Å². The van der Waals surface area contributed by atoms with E-state index in [0.29, 0.717) is 11.4 Å². The van der Waals surface area contributed by atoms with Crippen LogP contribution < -0.4 is 0 Å². The molecule has 0 saturated carbocycles. The number of carbonyl (C=O) groups is 1. The molecule has 0 fully saturated rings. The van der Waals surface area contributed by atoms with Crippen LogP contribution in [0, 0.1) is 0 Å². The lowest BCUT2D eigenvalue weighted by atomic mass is 10.1. The molecule has 0 bridgehead atoms. The van der Waals surface area contributed by atoms with Gasteiger partial charge in [0.05, 0.1) is 0 Å². The van der Waals surface area contributed by atoms with E-state index in [2.05, 4.69) is 6.92 Å².